The number of Topliss-reactive ketones (excluding diaryl/α,β-unsaturated/α-hetero) is 1. The molecule has 2 heterocycles. The van der Waals surface area contributed by atoms with Gasteiger partial charge >= 0.3 is 6.09 Å². The van der Waals surface area contributed by atoms with Crippen LogP contribution in [-0.4, -0.2) is 55.2 Å². The van der Waals surface area contributed by atoms with Gasteiger partial charge in [-0.05, 0) is 39.3 Å². The van der Waals surface area contributed by atoms with Gasteiger partial charge in [0.2, 0.25) is 0 Å². The number of hydrogen-bond donors (Lipinski definition) is 2. The maximum Gasteiger partial charge on any atom is 0.407 e. The van der Waals surface area contributed by atoms with Crippen LogP contribution in [0.25, 0.3) is 0 Å². The number of piperazine rings is 1. The van der Waals surface area contributed by atoms with Crippen LogP contribution in [0.2, 0.25) is 0 Å². The largest absolute Gasteiger partial charge is 0.444 e. The Labute approximate surface area is 149 Å². The average Bonchev–Trinajstić information content (AvgIpc) is 2.58. The fourth-order valence-corrected chi connectivity index (χ4v) is 2.53. The molecule has 7 nitrogen and oxygen atoms in total. The van der Waals surface area contributed by atoms with Crippen molar-refractivity contribution in [2.45, 2.75) is 39.2 Å². The summed E-state index contributed by atoms with van der Waals surface area (Å²) in [5, 5.41) is 5.96. The predicted molar refractivity (Wildman–Crippen MR) is 97.1 cm³/mol. The van der Waals surface area contributed by atoms with Crippen LogP contribution >= 0.6 is 0 Å². The number of carbonyl (C=O) groups excluding carboxylic acids is 2. The second-order valence-corrected chi connectivity index (χ2v) is 7.10. The maximum absolute atomic E-state index is 12.2. The first-order valence-electron chi connectivity index (χ1n) is 8.77. The van der Waals surface area contributed by atoms with Gasteiger partial charge in [-0.3, -0.25) is 4.79 Å². The van der Waals surface area contributed by atoms with Gasteiger partial charge in [0.15, 0.2) is 5.78 Å². The zero-order valence-corrected chi connectivity index (χ0v) is 15.3. The molecular formula is C18H28N4O3. The van der Waals surface area contributed by atoms with E-state index < -0.39 is 11.7 Å². The first kappa shape index (κ1) is 19.2. The molecule has 25 heavy (non-hydrogen) atoms. The summed E-state index contributed by atoms with van der Waals surface area (Å²) >= 11 is 0. The van der Waals surface area contributed by atoms with Crippen LogP contribution in [0, 0.1) is 0 Å². The van der Waals surface area contributed by atoms with Crippen LogP contribution in [0.3, 0.4) is 0 Å². The van der Waals surface area contributed by atoms with E-state index in [0.717, 1.165) is 32.0 Å². The lowest BCUT2D eigenvalue weighted by molar-refractivity contribution is 0.0525. The molecule has 2 rings (SSSR count). The van der Waals surface area contributed by atoms with Crippen LogP contribution in [0.15, 0.2) is 18.3 Å². The number of amides is 1. The highest BCUT2D eigenvalue weighted by Crippen LogP contribution is 2.13. The molecule has 0 unspecified atom stereocenters. The highest BCUT2D eigenvalue weighted by atomic mass is 16.6. The molecule has 1 aliphatic rings. The van der Waals surface area contributed by atoms with Crippen LogP contribution in [0.1, 0.15) is 44.0 Å². The van der Waals surface area contributed by atoms with Gasteiger partial charge in [0.1, 0.15) is 11.4 Å². The topological polar surface area (TPSA) is 83.6 Å². The van der Waals surface area contributed by atoms with E-state index in [-0.39, 0.29) is 5.78 Å². The number of nitrogens with one attached hydrogen (secondary N) is 2. The zero-order chi connectivity index (χ0) is 18.3. The summed E-state index contributed by atoms with van der Waals surface area (Å²) in [5.41, 5.74) is 0.0914. The molecule has 1 aliphatic heterocycles. The lowest BCUT2D eigenvalue weighted by Gasteiger charge is -2.28. The molecule has 1 saturated heterocycles. The second kappa shape index (κ2) is 8.80. The Kier molecular flexibility index (Phi) is 6.75. The highest BCUT2D eigenvalue weighted by Gasteiger charge is 2.16. The van der Waals surface area contributed by atoms with E-state index in [4.69, 9.17) is 4.74 Å². The summed E-state index contributed by atoms with van der Waals surface area (Å²) in [6, 6.07) is 3.73. The Morgan fingerprint density at radius 2 is 2.00 bits per heavy atom. The van der Waals surface area contributed by atoms with E-state index in [2.05, 4.69) is 20.5 Å². The number of hydrogen-bond acceptors (Lipinski definition) is 6. The summed E-state index contributed by atoms with van der Waals surface area (Å²) in [7, 11) is 0. The van der Waals surface area contributed by atoms with Crippen molar-refractivity contribution in [1.29, 1.82) is 0 Å². The number of carbonyl (C=O) groups is 2. The van der Waals surface area contributed by atoms with Gasteiger partial charge in [0, 0.05) is 50.9 Å². The molecule has 0 aromatic carbocycles. The highest BCUT2D eigenvalue weighted by molar-refractivity contribution is 5.95. The van der Waals surface area contributed by atoms with Crippen LogP contribution in [-0.2, 0) is 4.74 Å². The van der Waals surface area contributed by atoms with Gasteiger partial charge < -0.3 is 20.3 Å². The Balaban J connectivity index is 1.72. The summed E-state index contributed by atoms with van der Waals surface area (Å²) in [6.07, 6.45) is 2.12. The van der Waals surface area contributed by atoms with Gasteiger partial charge in [-0.25, -0.2) is 9.78 Å². The molecule has 1 amide bonds. The summed E-state index contributed by atoms with van der Waals surface area (Å²) in [4.78, 5) is 30.3. The molecule has 1 aromatic heterocycles. The van der Waals surface area contributed by atoms with Gasteiger partial charge in [-0.2, -0.15) is 0 Å². The number of rotatable bonds is 6. The van der Waals surface area contributed by atoms with E-state index in [1.54, 1.807) is 6.20 Å². The molecule has 0 atom stereocenters. The monoisotopic (exact) mass is 348 g/mol. The van der Waals surface area contributed by atoms with Crippen molar-refractivity contribution in [3.05, 3.63) is 23.9 Å². The lowest BCUT2D eigenvalue weighted by atomic mass is 10.1. The minimum Gasteiger partial charge on any atom is -0.444 e. The fraction of sp³-hybridized carbons (Fsp3) is 0.611. The molecule has 1 fully saturated rings. The van der Waals surface area contributed by atoms with Crippen molar-refractivity contribution in [2.24, 2.45) is 0 Å². The summed E-state index contributed by atoms with van der Waals surface area (Å²) < 4.78 is 5.15. The number of anilines is 1. The van der Waals surface area contributed by atoms with Crippen molar-refractivity contribution in [3.63, 3.8) is 0 Å². The molecule has 0 aliphatic carbocycles. The molecule has 1 aromatic rings. The Morgan fingerprint density at radius 1 is 1.28 bits per heavy atom. The molecule has 138 valence electrons. The first-order valence-corrected chi connectivity index (χ1v) is 8.77. The SMILES string of the molecule is CC(C)(C)OC(=O)NCCCC(=O)c1ccc(N2CCNCC2)nc1. The van der Waals surface area contributed by atoms with Crippen LogP contribution < -0.4 is 15.5 Å². The van der Waals surface area contributed by atoms with Gasteiger partial charge in [0.25, 0.3) is 0 Å². The number of aromatic nitrogens is 1. The molecule has 2 N–H and O–H groups in total. The fourth-order valence-electron chi connectivity index (χ4n) is 2.53. The van der Waals surface area contributed by atoms with E-state index in [1.807, 2.05) is 32.9 Å². The zero-order valence-electron chi connectivity index (χ0n) is 15.3. The van der Waals surface area contributed by atoms with Crippen molar-refractivity contribution < 1.29 is 14.3 Å². The first-order chi connectivity index (χ1) is 11.8. The Morgan fingerprint density at radius 3 is 2.60 bits per heavy atom. The minimum atomic E-state index is -0.516. The third-order valence-corrected chi connectivity index (χ3v) is 3.76. The smallest absolute Gasteiger partial charge is 0.407 e. The van der Waals surface area contributed by atoms with Gasteiger partial charge in [-0.1, -0.05) is 0 Å². The van der Waals surface area contributed by atoms with Gasteiger partial charge in [0.05, 0.1) is 0 Å². The second-order valence-electron chi connectivity index (χ2n) is 7.10. The molecule has 0 bridgehead atoms. The number of pyridine rings is 1. The standard InChI is InChI=1S/C18H28N4O3/c1-18(2,3)25-17(24)20-8-4-5-15(23)14-6-7-16(21-13-14)22-11-9-19-10-12-22/h6-7,13,19H,4-5,8-12H2,1-3H3,(H,20,24). The molecule has 0 saturated carbocycles. The average molecular weight is 348 g/mol. The Bertz CT molecular complexity index is 575. The number of nitrogens with zero attached hydrogens (tertiary/aromatic N) is 2. The Hall–Kier alpha value is -2.15. The van der Waals surface area contributed by atoms with E-state index >= 15 is 0 Å². The lowest BCUT2D eigenvalue weighted by Crippen LogP contribution is -2.43. The van der Waals surface area contributed by atoms with E-state index in [0.29, 0.717) is 24.9 Å². The van der Waals surface area contributed by atoms with Crippen molar-refractivity contribution in [2.75, 3.05) is 37.6 Å². The molecule has 0 radical (unpaired) electrons. The number of alkyl carbamates (subject to hydrolysis) is 1. The minimum absolute atomic E-state index is 0.0327. The third-order valence-electron chi connectivity index (χ3n) is 3.76. The van der Waals surface area contributed by atoms with Crippen LogP contribution in [0.4, 0.5) is 10.6 Å². The van der Waals surface area contributed by atoms with E-state index in [9.17, 15) is 9.59 Å². The third kappa shape index (κ3) is 6.70. The molecular weight excluding hydrogens is 320 g/mol. The molecule has 7 heteroatoms. The quantitative estimate of drug-likeness (QED) is 0.604. The predicted octanol–water partition coefficient (Wildman–Crippen LogP) is 1.98. The van der Waals surface area contributed by atoms with Crippen LogP contribution in [0.5, 0.6) is 0 Å². The number of ketones is 1. The normalized spacial score (nSPS) is 14.9. The van der Waals surface area contributed by atoms with Crippen molar-refractivity contribution in [3.8, 4) is 0 Å². The van der Waals surface area contributed by atoms with Crippen molar-refractivity contribution in [1.82, 2.24) is 15.6 Å². The van der Waals surface area contributed by atoms with Crippen molar-refractivity contribution >= 4 is 17.7 Å². The van der Waals surface area contributed by atoms with Gasteiger partial charge in [-0.15, -0.1) is 0 Å². The number of ether oxygens (including phenoxy) is 1. The van der Waals surface area contributed by atoms with E-state index in [1.165, 1.54) is 0 Å². The summed E-state index contributed by atoms with van der Waals surface area (Å²) in [6.45, 7) is 9.60. The molecule has 0 spiro atoms. The maximum atomic E-state index is 12.2. The summed E-state index contributed by atoms with van der Waals surface area (Å²) in [5.74, 6) is 0.940.